The van der Waals surface area contributed by atoms with Crippen molar-refractivity contribution in [3.63, 3.8) is 0 Å². The first kappa shape index (κ1) is 20.2. The summed E-state index contributed by atoms with van der Waals surface area (Å²) in [5.41, 5.74) is 7.62. The van der Waals surface area contributed by atoms with Crippen molar-refractivity contribution < 1.29 is 0 Å². The van der Waals surface area contributed by atoms with Crippen LogP contribution in [-0.4, -0.2) is 13.5 Å². The van der Waals surface area contributed by atoms with E-state index in [1.54, 1.807) is 0 Å². The van der Waals surface area contributed by atoms with E-state index in [2.05, 4.69) is 130 Å². The summed E-state index contributed by atoms with van der Waals surface area (Å²) in [6.45, 7) is 0. The lowest BCUT2D eigenvalue weighted by atomic mass is 10.0. The van der Waals surface area contributed by atoms with Crippen molar-refractivity contribution >= 4 is 91.7 Å². The Bertz CT molecular complexity index is 2610. The highest BCUT2D eigenvalue weighted by Crippen LogP contribution is 2.50. The van der Waals surface area contributed by atoms with Crippen LogP contribution in [0.15, 0.2) is 109 Å². The van der Waals surface area contributed by atoms with Crippen molar-refractivity contribution in [2.24, 2.45) is 7.05 Å². The molecular formula is C35H21N3S. The van der Waals surface area contributed by atoms with Gasteiger partial charge in [0.2, 0.25) is 0 Å². The summed E-state index contributed by atoms with van der Waals surface area (Å²) < 4.78 is 7.38. The fourth-order valence-corrected chi connectivity index (χ4v) is 8.64. The predicted molar refractivity (Wildman–Crippen MR) is 167 cm³/mol. The van der Waals surface area contributed by atoms with Crippen molar-refractivity contribution in [2.75, 3.05) is 0 Å². The summed E-state index contributed by atoms with van der Waals surface area (Å²) in [6.07, 6.45) is 0. The molecule has 0 amide bonds. The summed E-state index contributed by atoms with van der Waals surface area (Å²) >= 11 is 1.92. The predicted octanol–water partition coefficient (Wildman–Crippen LogP) is 9.64. The molecule has 0 aliphatic carbocycles. The van der Waals surface area contributed by atoms with E-state index in [1.165, 1.54) is 86.0 Å². The van der Waals surface area contributed by atoms with Crippen LogP contribution in [0.2, 0.25) is 0 Å². The number of fused-ring (bicyclic) bond motifs is 10. The molecule has 0 aliphatic rings. The van der Waals surface area contributed by atoms with Gasteiger partial charge in [0.15, 0.2) is 0 Å². The van der Waals surface area contributed by atoms with Gasteiger partial charge in [-0.25, -0.2) is 0 Å². The van der Waals surface area contributed by atoms with E-state index in [1.807, 2.05) is 11.3 Å². The van der Waals surface area contributed by atoms with Gasteiger partial charge in [0.05, 0.1) is 22.1 Å². The standard InChI is InChI=1S/C35H21N3S/c1-36-27-17-9-14-22-21-12-5-7-15-25(21)38-33-24(18-19-28(36)32(33)29(22)27)31-30-23-13-6-8-16-26(23)37(34(30)39-35(31)38)20-10-3-2-4-11-20/h2-19H,1H3. The van der Waals surface area contributed by atoms with Gasteiger partial charge in [0.25, 0.3) is 0 Å². The minimum Gasteiger partial charge on any atom is -0.344 e. The smallest absolute Gasteiger partial charge is 0.111 e. The molecule has 0 atom stereocenters. The maximum atomic E-state index is 2.57. The fourth-order valence-electron chi connectivity index (χ4n) is 7.25. The maximum Gasteiger partial charge on any atom is 0.111 e. The molecule has 4 heteroatoms. The van der Waals surface area contributed by atoms with Gasteiger partial charge in [-0.1, -0.05) is 84.1 Å². The molecule has 0 saturated heterocycles. The first-order valence-electron chi connectivity index (χ1n) is 13.4. The van der Waals surface area contributed by atoms with Crippen molar-refractivity contribution in [1.29, 1.82) is 0 Å². The first-order chi connectivity index (χ1) is 19.3. The molecule has 5 heterocycles. The van der Waals surface area contributed by atoms with Crippen LogP contribution in [0.4, 0.5) is 0 Å². The lowest BCUT2D eigenvalue weighted by Crippen LogP contribution is -1.91. The van der Waals surface area contributed by atoms with Crippen molar-refractivity contribution in [3.05, 3.63) is 109 Å². The SMILES string of the molecule is Cn1c2cccc3c4ccccc4n4c5sc6c(c7ccccc7n6-c6ccccc6)c5c5ccc1c(c32)c54. The summed E-state index contributed by atoms with van der Waals surface area (Å²) in [4.78, 5) is 2.62. The highest BCUT2D eigenvalue weighted by Gasteiger charge is 2.26. The number of para-hydroxylation sites is 3. The van der Waals surface area contributed by atoms with E-state index in [9.17, 15) is 0 Å². The molecule has 0 unspecified atom stereocenters. The molecule has 10 aromatic rings. The van der Waals surface area contributed by atoms with Crippen molar-refractivity contribution in [3.8, 4) is 5.69 Å². The number of thiophene rings is 1. The molecular weight excluding hydrogens is 494 g/mol. The highest BCUT2D eigenvalue weighted by atomic mass is 32.1. The second-order valence-electron chi connectivity index (χ2n) is 10.6. The number of hydrogen-bond acceptors (Lipinski definition) is 1. The lowest BCUT2D eigenvalue weighted by Gasteiger charge is -2.06. The van der Waals surface area contributed by atoms with Gasteiger partial charge < -0.3 is 9.13 Å². The molecule has 5 aromatic heterocycles. The molecule has 5 aromatic carbocycles. The quantitative estimate of drug-likeness (QED) is 0.207. The molecule has 0 aliphatic heterocycles. The molecule has 0 spiro atoms. The molecule has 3 nitrogen and oxygen atoms in total. The molecule has 0 radical (unpaired) electrons. The number of nitrogens with zero attached hydrogens (tertiary/aromatic N) is 3. The van der Waals surface area contributed by atoms with Gasteiger partial charge >= 0.3 is 0 Å². The Balaban J connectivity index is 1.58. The van der Waals surface area contributed by atoms with Crippen LogP contribution in [-0.2, 0) is 7.05 Å². The van der Waals surface area contributed by atoms with E-state index in [0.29, 0.717) is 0 Å². The third kappa shape index (κ3) is 2.24. The van der Waals surface area contributed by atoms with Gasteiger partial charge in [-0.3, -0.25) is 4.40 Å². The zero-order chi connectivity index (χ0) is 25.4. The monoisotopic (exact) mass is 515 g/mol. The van der Waals surface area contributed by atoms with Gasteiger partial charge in [-0.15, -0.1) is 0 Å². The van der Waals surface area contributed by atoms with Crippen molar-refractivity contribution in [2.45, 2.75) is 0 Å². The van der Waals surface area contributed by atoms with Crippen molar-refractivity contribution in [1.82, 2.24) is 13.5 Å². The molecule has 0 fully saturated rings. The van der Waals surface area contributed by atoms with Crippen LogP contribution in [0.5, 0.6) is 0 Å². The molecule has 182 valence electrons. The fraction of sp³-hybridized carbons (Fsp3) is 0.0286. The Morgan fingerprint density at radius 3 is 2.00 bits per heavy atom. The van der Waals surface area contributed by atoms with Gasteiger partial charge in [-0.05, 0) is 41.8 Å². The van der Waals surface area contributed by atoms with E-state index in [4.69, 9.17) is 0 Å². The Hall–Kier alpha value is -4.80. The summed E-state index contributed by atoms with van der Waals surface area (Å²) in [7, 11) is 2.20. The number of aryl methyl sites for hydroxylation is 1. The zero-order valence-corrected chi connectivity index (χ0v) is 22.0. The summed E-state index contributed by atoms with van der Waals surface area (Å²) in [5.74, 6) is 0. The normalized spacial score (nSPS) is 12.7. The minimum absolute atomic E-state index is 1.20. The average molecular weight is 516 g/mol. The second-order valence-corrected chi connectivity index (χ2v) is 11.6. The number of hydrogen-bond donors (Lipinski definition) is 0. The highest BCUT2D eigenvalue weighted by molar-refractivity contribution is 7.25. The van der Waals surface area contributed by atoms with Crippen LogP contribution >= 0.6 is 11.3 Å². The minimum atomic E-state index is 1.20. The van der Waals surface area contributed by atoms with Gasteiger partial charge in [0.1, 0.15) is 9.66 Å². The average Bonchev–Trinajstić information content (AvgIpc) is 3.66. The first-order valence-corrected chi connectivity index (χ1v) is 14.2. The Morgan fingerprint density at radius 1 is 0.462 bits per heavy atom. The number of rotatable bonds is 1. The number of aromatic nitrogens is 3. The number of benzene rings is 5. The Morgan fingerprint density at radius 2 is 1.13 bits per heavy atom. The van der Waals surface area contributed by atoms with E-state index in [-0.39, 0.29) is 0 Å². The molecule has 0 bridgehead atoms. The van der Waals surface area contributed by atoms with E-state index in [0.717, 1.165) is 0 Å². The summed E-state index contributed by atoms with van der Waals surface area (Å²) in [5, 5.41) is 10.7. The van der Waals surface area contributed by atoms with E-state index >= 15 is 0 Å². The van der Waals surface area contributed by atoms with Gasteiger partial charge in [-0.2, -0.15) is 0 Å². The van der Waals surface area contributed by atoms with Crippen LogP contribution in [0, 0.1) is 0 Å². The van der Waals surface area contributed by atoms with Crippen LogP contribution in [0.25, 0.3) is 86.0 Å². The Kier molecular flexibility index (Phi) is 3.52. The maximum absolute atomic E-state index is 2.57. The third-order valence-corrected chi connectivity index (χ3v) is 9.97. The van der Waals surface area contributed by atoms with Crippen LogP contribution < -0.4 is 0 Å². The third-order valence-electron chi connectivity index (χ3n) is 8.81. The zero-order valence-electron chi connectivity index (χ0n) is 21.1. The second kappa shape index (κ2) is 6.79. The largest absolute Gasteiger partial charge is 0.344 e. The lowest BCUT2D eigenvalue weighted by molar-refractivity contribution is 1.01. The molecule has 10 rings (SSSR count). The topological polar surface area (TPSA) is 14.3 Å². The molecule has 0 N–H and O–H groups in total. The van der Waals surface area contributed by atoms with Crippen LogP contribution in [0.1, 0.15) is 0 Å². The molecule has 39 heavy (non-hydrogen) atoms. The van der Waals surface area contributed by atoms with Gasteiger partial charge in [0, 0.05) is 56.0 Å². The van der Waals surface area contributed by atoms with E-state index < -0.39 is 0 Å². The van der Waals surface area contributed by atoms with Crippen LogP contribution in [0.3, 0.4) is 0 Å². The Labute approximate surface area is 226 Å². The molecule has 0 saturated carbocycles. The summed E-state index contributed by atoms with van der Waals surface area (Å²) in [6, 6.07) is 40.1.